The largest absolute Gasteiger partial charge is 0.478 e. The number of benzene rings is 1. The van der Waals surface area contributed by atoms with E-state index in [0.29, 0.717) is 16.9 Å². The van der Waals surface area contributed by atoms with E-state index in [-0.39, 0.29) is 0 Å². The van der Waals surface area contributed by atoms with E-state index in [9.17, 15) is 9.90 Å². The van der Waals surface area contributed by atoms with Crippen LogP contribution in [0.1, 0.15) is 78.4 Å². The van der Waals surface area contributed by atoms with Crippen molar-refractivity contribution in [3.8, 4) is 0 Å². The molecule has 0 bridgehead atoms. The minimum atomic E-state index is -0.783. The van der Waals surface area contributed by atoms with E-state index < -0.39 is 5.97 Å². The monoisotopic (exact) mass is 298 g/mol. The second-order valence-corrected chi connectivity index (χ2v) is 8.11. The summed E-state index contributed by atoms with van der Waals surface area (Å²) in [4.78, 5) is 11.4. The maximum atomic E-state index is 11.4. The zero-order valence-electron chi connectivity index (χ0n) is 13.7. The predicted octanol–water partition coefficient (Wildman–Crippen LogP) is 4.94. The first-order valence-corrected chi connectivity index (χ1v) is 8.87. The summed E-state index contributed by atoms with van der Waals surface area (Å²) in [7, 11) is 0. The molecule has 3 aliphatic rings. The van der Waals surface area contributed by atoms with Crippen molar-refractivity contribution in [2.45, 2.75) is 64.7 Å². The summed E-state index contributed by atoms with van der Waals surface area (Å²) in [6.45, 7) is 4.53. The highest BCUT2D eigenvalue weighted by atomic mass is 16.4. The van der Waals surface area contributed by atoms with Crippen molar-refractivity contribution in [3.63, 3.8) is 0 Å². The van der Waals surface area contributed by atoms with Gasteiger partial charge in [-0.05, 0) is 91.4 Å². The molecule has 0 radical (unpaired) electrons. The molecule has 4 rings (SSSR count). The summed E-state index contributed by atoms with van der Waals surface area (Å²) < 4.78 is 0. The average Bonchev–Trinajstić information content (AvgIpc) is 2.88. The maximum absolute atomic E-state index is 11.4. The molecule has 2 saturated carbocycles. The molecule has 1 N–H and O–H groups in total. The third kappa shape index (κ3) is 1.89. The zero-order valence-corrected chi connectivity index (χ0v) is 13.7. The normalized spacial score (nSPS) is 36.4. The Hall–Kier alpha value is -1.31. The first-order valence-electron chi connectivity index (χ1n) is 8.87. The van der Waals surface area contributed by atoms with E-state index in [0.717, 1.165) is 23.8 Å². The molecule has 0 spiro atoms. The quantitative estimate of drug-likeness (QED) is 0.797. The van der Waals surface area contributed by atoms with E-state index in [4.69, 9.17) is 0 Å². The highest BCUT2D eigenvalue weighted by molar-refractivity contribution is 5.90. The summed E-state index contributed by atoms with van der Waals surface area (Å²) >= 11 is 0. The Morgan fingerprint density at radius 1 is 1.23 bits per heavy atom. The molecule has 3 aliphatic carbocycles. The summed E-state index contributed by atoms with van der Waals surface area (Å²) in [6.07, 6.45) is 9.25. The van der Waals surface area contributed by atoms with E-state index in [1.54, 1.807) is 0 Å². The van der Waals surface area contributed by atoms with Crippen molar-refractivity contribution in [2.24, 2.45) is 17.3 Å². The SMILES string of the molecule is Cc1c(C(=O)O)ccc2c1CC[C@@H]1[C@@H]2CC[C@]2(C)CCC[C@@H]12. The molecule has 0 heterocycles. The van der Waals surface area contributed by atoms with E-state index in [2.05, 4.69) is 13.0 Å². The minimum absolute atomic E-state index is 0.499. The lowest BCUT2D eigenvalue weighted by atomic mass is 9.55. The Kier molecular flexibility index (Phi) is 3.15. The Bertz CT molecular complexity index is 633. The summed E-state index contributed by atoms with van der Waals surface area (Å²) in [5, 5.41) is 9.36. The minimum Gasteiger partial charge on any atom is -0.478 e. The van der Waals surface area contributed by atoms with Gasteiger partial charge in [0.2, 0.25) is 0 Å². The van der Waals surface area contributed by atoms with E-state index in [1.807, 2.05) is 13.0 Å². The van der Waals surface area contributed by atoms with Crippen LogP contribution in [0.3, 0.4) is 0 Å². The van der Waals surface area contributed by atoms with Crippen LogP contribution in [0.15, 0.2) is 12.1 Å². The molecule has 0 aliphatic heterocycles. The number of rotatable bonds is 1. The molecular weight excluding hydrogens is 272 g/mol. The first-order chi connectivity index (χ1) is 10.5. The number of hydrogen-bond acceptors (Lipinski definition) is 1. The highest BCUT2D eigenvalue weighted by Crippen LogP contribution is 2.60. The number of fused-ring (bicyclic) bond motifs is 5. The van der Waals surface area contributed by atoms with Crippen LogP contribution in [0.5, 0.6) is 0 Å². The lowest BCUT2D eigenvalue weighted by Gasteiger charge is -2.49. The van der Waals surface area contributed by atoms with Gasteiger partial charge in [-0.2, -0.15) is 0 Å². The van der Waals surface area contributed by atoms with Crippen molar-refractivity contribution in [1.29, 1.82) is 0 Å². The third-order valence-electron chi connectivity index (χ3n) is 7.21. The van der Waals surface area contributed by atoms with Gasteiger partial charge in [-0.3, -0.25) is 0 Å². The molecule has 2 heteroatoms. The molecule has 2 nitrogen and oxygen atoms in total. The van der Waals surface area contributed by atoms with Crippen molar-refractivity contribution in [2.75, 3.05) is 0 Å². The van der Waals surface area contributed by atoms with Crippen LogP contribution in [0, 0.1) is 24.2 Å². The molecule has 0 aromatic heterocycles. The van der Waals surface area contributed by atoms with Crippen LogP contribution in [0.4, 0.5) is 0 Å². The molecule has 1 aromatic rings. The van der Waals surface area contributed by atoms with E-state index >= 15 is 0 Å². The number of hydrogen-bond donors (Lipinski definition) is 1. The van der Waals surface area contributed by atoms with Gasteiger partial charge in [0, 0.05) is 0 Å². The van der Waals surface area contributed by atoms with Crippen LogP contribution in [-0.4, -0.2) is 11.1 Å². The fraction of sp³-hybridized carbons (Fsp3) is 0.650. The summed E-state index contributed by atoms with van der Waals surface area (Å²) in [5.41, 5.74) is 4.94. The molecule has 0 unspecified atom stereocenters. The molecule has 2 fully saturated rings. The summed E-state index contributed by atoms with van der Waals surface area (Å²) in [6, 6.07) is 3.99. The first kappa shape index (κ1) is 14.3. The number of aromatic carboxylic acids is 1. The van der Waals surface area contributed by atoms with Crippen molar-refractivity contribution >= 4 is 5.97 Å². The van der Waals surface area contributed by atoms with Crippen LogP contribution in [0.25, 0.3) is 0 Å². The fourth-order valence-electron chi connectivity index (χ4n) is 6.07. The number of carboxylic acids is 1. The van der Waals surface area contributed by atoms with Gasteiger partial charge >= 0.3 is 5.97 Å². The zero-order chi connectivity index (χ0) is 15.5. The average molecular weight is 298 g/mol. The molecular formula is C20H26O2. The summed E-state index contributed by atoms with van der Waals surface area (Å²) in [5.74, 6) is 1.64. The van der Waals surface area contributed by atoms with Crippen LogP contribution >= 0.6 is 0 Å². The molecule has 1 aromatic carbocycles. The Morgan fingerprint density at radius 3 is 2.82 bits per heavy atom. The number of carboxylic acid groups (broad SMARTS) is 1. The molecule has 118 valence electrons. The van der Waals surface area contributed by atoms with Crippen LogP contribution in [-0.2, 0) is 6.42 Å². The van der Waals surface area contributed by atoms with Crippen molar-refractivity contribution in [1.82, 2.24) is 0 Å². The van der Waals surface area contributed by atoms with Crippen molar-refractivity contribution in [3.05, 3.63) is 34.4 Å². The highest BCUT2D eigenvalue weighted by Gasteiger charge is 2.50. The second kappa shape index (κ2) is 4.84. The van der Waals surface area contributed by atoms with Crippen LogP contribution < -0.4 is 0 Å². The maximum Gasteiger partial charge on any atom is 0.335 e. The molecule has 0 amide bonds. The van der Waals surface area contributed by atoms with Gasteiger partial charge in [0.15, 0.2) is 0 Å². The predicted molar refractivity (Wildman–Crippen MR) is 87.4 cm³/mol. The third-order valence-corrected chi connectivity index (χ3v) is 7.21. The lowest BCUT2D eigenvalue weighted by Crippen LogP contribution is -2.39. The van der Waals surface area contributed by atoms with Crippen molar-refractivity contribution < 1.29 is 9.90 Å². The molecule has 4 atom stereocenters. The van der Waals surface area contributed by atoms with E-state index in [1.165, 1.54) is 49.7 Å². The van der Waals surface area contributed by atoms with Gasteiger partial charge in [0.05, 0.1) is 5.56 Å². The number of carbonyl (C=O) groups is 1. The van der Waals surface area contributed by atoms with Gasteiger partial charge < -0.3 is 5.11 Å². The van der Waals surface area contributed by atoms with Gasteiger partial charge in [-0.1, -0.05) is 19.4 Å². The Morgan fingerprint density at radius 2 is 2.05 bits per heavy atom. The molecule has 22 heavy (non-hydrogen) atoms. The van der Waals surface area contributed by atoms with Crippen LogP contribution in [0.2, 0.25) is 0 Å². The van der Waals surface area contributed by atoms with Gasteiger partial charge in [-0.25, -0.2) is 4.79 Å². The smallest absolute Gasteiger partial charge is 0.335 e. The standard InChI is InChI=1S/C20H26O2/c1-12-13-5-8-17-16(15(13)7-6-14(12)19(21)22)9-11-20(2)10-3-4-18(17)20/h6-7,16-18H,3-5,8-11H2,1-2H3,(H,21,22)/t16-,17-,18+,20+/m1/s1. The topological polar surface area (TPSA) is 37.3 Å². The Balaban J connectivity index is 1.74. The van der Waals surface area contributed by atoms with Gasteiger partial charge in [0.1, 0.15) is 0 Å². The lowest BCUT2D eigenvalue weighted by molar-refractivity contribution is 0.0596. The molecule has 0 saturated heterocycles. The van der Waals surface area contributed by atoms with Gasteiger partial charge in [-0.15, -0.1) is 0 Å². The second-order valence-electron chi connectivity index (χ2n) is 8.11. The fourth-order valence-corrected chi connectivity index (χ4v) is 6.07. The Labute approximate surface area is 132 Å². The van der Waals surface area contributed by atoms with Gasteiger partial charge in [0.25, 0.3) is 0 Å².